The summed E-state index contributed by atoms with van der Waals surface area (Å²) in [6, 6.07) is 26.4. The Morgan fingerprint density at radius 1 is 0.608 bits per heavy atom. The number of ether oxygens (including phenoxy) is 2. The number of para-hydroxylation sites is 1. The summed E-state index contributed by atoms with van der Waals surface area (Å²) in [4.78, 5) is 60.3. The van der Waals surface area contributed by atoms with Gasteiger partial charge >= 0.3 is 0 Å². The van der Waals surface area contributed by atoms with E-state index in [1.807, 2.05) is 90.0 Å². The van der Waals surface area contributed by atoms with Crippen LogP contribution in [0.5, 0.6) is 0 Å². The number of fused-ring (bicyclic) bond motifs is 2. The van der Waals surface area contributed by atoms with E-state index in [2.05, 4.69) is 62.0 Å². The van der Waals surface area contributed by atoms with Crippen LogP contribution in [0.2, 0.25) is 0 Å². The molecule has 4 aromatic heterocycles. The lowest BCUT2D eigenvalue weighted by Crippen LogP contribution is -2.38. The second-order valence-electron chi connectivity index (χ2n) is 20.0. The molecular weight excluding hydrogens is 937 g/mol. The predicted octanol–water partition coefficient (Wildman–Crippen LogP) is 7.11. The molecule has 0 radical (unpaired) electrons. The number of benzene rings is 4. The van der Waals surface area contributed by atoms with Crippen LogP contribution >= 0.6 is 0 Å². The molecule has 378 valence electrons. The van der Waals surface area contributed by atoms with E-state index in [4.69, 9.17) is 45.9 Å². The summed E-state index contributed by atoms with van der Waals surface area (Å²) < 4.78 is 16.0. The Hall–Kier alpha value is -8.36. The third kappa shape index (κ3) is 9.10. The number of imidazole rings is 2. The van der Waals surface area contributed by atoms with Crippen LogP contribution in [0.25, 0.3) is 44.6 Å². The van der Waals surface area contributed by atoms with Crippen molar-refractivity contribution in [2.75, 3.05) is 77.1 Å². The molecular formula is C54H58N16O4. The molecule has 2 amide bonds. The Kier molecular flexibility index (Phi) is 11.9. The van der Waals surface area contributed by atoms with Gasteiger partial charge in [0.15, 0.2) is 34.7 Å². The highest BCUT2D eigenvalue weighted by molar-refractivity contribution is 6.01. The molecule has 4 aliphatic rings. The fraction of sp³-hybridized carbons (Fsp3) is 0.333. The van der Waals surface area contributed by atoms with E-state index in [0.29, 0.717) is 84.5 Å². The molecule has 2 saturated heterocycles. The van der Waals surface area contributed by atoms with Crippen LogP contribution in [-0.2, 0) is 23.6 Å². The molecule has 4 aromatic carbocycles. The van der Waals surface area contributed by atoms with E-state index >= 15 is 0 Å². The van der Waals surface area contributed by atoms with Crippen molar-refractivity contribution in [3.63, 3.8) is 0 Å². The SMILES string of the molecule is C[C@@H]1C[C@H]1Nc1nc(Nc2ccc(N3CCOC(c4cc(-c5nc(C(N)=O)c(Nc6ccc(N7CCOCC7)cc6)nc5N[C@H]5C[C@@H]5C)c5ncn(C)c5c4)C3)cc2)c(C(N)=O)nc1-c1cccc2c1ncn2C. The number of hydrogen-bond acceptors (Lipinski definition) is 16. The van der Waals surface area contributed by atoms with Crippen LogP contribution in [0, 0.1) is 11.8 Å². The second kappa shape index (κ2) is 18.9. The van der Waals surface area contributed by atoms with E-state index in [9.17, 15) is 9.59 Å². The predicted molar refractivity (Wildman–Crippen MR) is 286 cm³/mol. The third-order valence-corrected chi connectivity index (χ3v) is 14.7. The van der Waals surface area contributed by atoms with E-state index in [1.54, 1.807) is 12.7 Å². The van der Waals surface area contributed by atoms with Crippen molar-refractivity contribution >= 4 is 79.9 Å². The number of nitrogens with two attached hydrogens (primary N) is 2. The number of nitrogens with zero attached hydrogens (tertiary/aromatic N) is 10. The number of carbonyl (C=O) groups is 2. The lowest BCUT2D eigenvalue weighted by molar-refractivity contribution is 0.0399. The first-order valence-corrected chi connectivity index (χ1v) is 25.2. The van der Waals surface area contributed by atoms with E-state index in [-0.39, 0.29) is 41.2 Å². The molecule has 5 atom stereocenters. The van der Waals surface area contributed by atoms with E-state index in [1.165, 1.54) is 0 Å². The monoisotopic (exact) mass is 994 g/mol. The third-order valence-electron chi connectivity index (χ3n) is 14.7. The lowest BCUT2D eigenvalue weighted by Gasteiger charge is -2.35. The average molecular weight is 995 g/mol. The molecule has 20 heteroatoms. The first-order chi connectivity index (χ1) is 35.9. The molecule has 0 bridgehead atoms. The number of primary amides is 2. The van der Waals surface area contributed by atoms with Gasteiger partial charge in [-0.05, 0) is 97.0 Å². The maximum Gasteiger partial charge on any atom is 0.271 e. The number of hydrogen-bond donors (Lipinski definition) is 6. The molecule has 0 spiro atoms. The van der Waals surface area contributed by atoms with Gasteiger partial charge in [0.2, 0.25) is 0 Å². The van der Waals surface area contributed by atoms with Gasteiger partial charge in [0.25, 0.3) is 11.8 Å². The van der Waals surface area contributed by atoms with Gasteiger partial charge in [0.1, 0.15) is 17.5 Å². The number of aryl methyl sites for hydroxylation is 2. The molecule has 2 saturated carbocycles. The Morgan fingerprint density at radius 3 is 1.68 bits per heavy atom. The van der Waals surface area contributed by atoms with Gasteiger partial charge in [-0.1, -0.05) is 26.0 Å². The fourth-order valence-electron chi connectivity index (χ4n) is 10.0. The minimum Gasteiger partial charge on any atom is -0.378 e. The van der Waals surface area contributed by atoms with Crippen LogP contribution in [-0.4, -0.2) is 109 Å². The Balaban J connectivity index is 0.826. The van der Waals surface area contributed by atoms with Crippen molar-refractivity contribution in [3.05, 3.63) is 108 Å². The first kappa shape index (κ1) is 46.7. The van der Waals surface area contributed by atoms with Gasteiger partial charge in [0.05, 0.1) is 54.5 Å². The quantitative estimate of drug-likeness (QED) is 0.0599. The number of rotatable bonds is 15. The summed E-state index contributed by atoms with van der Waals surface area (Å²) in [5.74, 6) is 1.09. The maximum atomic E-state index is 13.3. The zero-order valence-corrected chi connectivity index (χ0v) is 41.7. The van der Waals surface area contributed by atoms with Crippen LogP contribution < -0.4 is 42.5 Å². The zero-order valence-electron chi connectivity index (χ0n) is 41.7. The van der Waals surface area contributed by atoms with E-state index < -0.39 is 11.8 Å². The average Bonchev–Trinajstić information content (AvgIpc) is 4.20. The highest BCUT2D eigenvalue weighted by Gasteiger charge is 2.36. The standard InChI is InChI=1S/C54H58N16O4/c1-29-22-38(29)61-51-45(36-6-5-7-40-43(36)57-27-67(40)3)63-47(49(55)71)53(65-51)60-33-10-14-35(15-11-33)70-18-21-74-42(26-70)31-24-37(44-41(25-31)68(4)28-58-44)46-52(62-39-23-30(39)2)66-54(48(64-46)50(56)72)59-32-8-12-34(13-9-32)69-16-19-73-20-17-69/h5-15,24-25,27-30,38-39,42H,16-23,26H2,1-4H3,(H2,55,71)(H2,56,72)(H2,59,62,66)(H2,60,61,65)/t29-,30+,38-,39+,42?/m1/s1. The van der Waals surface area contributed by atoms with Gasteiger partial charge in [-0.25, -0.2) is 29.9 Å². The van der Waals surface area contributed by atoms with Gasteiger partial charge in [0, 0.05) is 86.2 Å². The highest BCUT2D eigenvalue weighted by Crippen LogP contribution is 2.42. The molecule has 4 fully saturated rings. The first-order valence-electron chi connectivity index (χ1n) is 25.2. The van der Waals surface area contributed by atoms with Crippen molar-refractivity contribution in [1.82, 2.24) is 39.0 Å². The molecule has 6 heterocycles. The molecule has 20 nitrogen and oxygen atoms in total. The van der Waals surface area contributed by atoms with Crippen molar-refractivity contribution < 1.29 is 19.1 Å². The number of anilines is 8. The Labute approximate surface area is 426 Å². The summed E-state index contributed by atoms with van der Waals surface area (Å²) in [5.41, 5.74) is 22.3. The lowest BCUT2D eigenvalue weighted by atomic mass is 10.00. The van der Waals surface area contributed by atoms with Crippen LogP contribution in [0.3, 0.4) is 0 Å². The van der Waals surface area contributed by atoms with Gasteiger partial charge in [-0.2, -0.15) is 0 Å². The van der Waals surface area contributed by atoms with Crippen molar-refractivity contribution in [1.29, 1.82) is 0 Å². The molecule has 8 N–H and O–H groups in total. The Bertz CT molecular complexity index is 3460. The maximum absolute atomic E-state index is 13.3. The number of morpholine rings is 2. The molecule has 2 aliphatic carbocycles. The number of nitrogens with one attached hydrogen (secondary N) is 4. The Morgan fingerprint density at radius 2 is 1.12 bits per heavy atom. The van der Waals surface area contributed by atoms with Gasteiger partial charge in [-0.3, -0.25) is 9.59 Å². The molecule has 12 rings (SSSR count). The number of aromatic nitrogens is 8. The fourth-order valence-corrected chi connectivity index (χ4v) is 10.0. The van der Waals surface area contributed by atoms with Gasteiger partial charge < -0.3 is 61.1 Å². The molecule has 1 unspecified atom stereocenters. The zero-order chi connectivity index (χ0) is 50.8. The topological polar surface area (TPSA) is 246 Å². The molecule has 8 aromatic rings. The van der Waals surface area contributed by atoms with E-state index in [0.717, 1.165) is 70.7 Å². The highest BCUT2D eigenvalue weighted by atomic mass is 16.5. The summed E-state index contributed by atoms with van der Waals surface area (Å²) in [6.07, 6.45) is 5.17. The molecule has 2 aliphatic heterocycles. The summed E-state index contributed by atoms with van der Waals surface area (Å²) >= 11 is 0. The van der Waals surface area contributed by atoms with Crippen LogP contribution in [0.15, 0.2) is 91.5 Å². The van der Waals surface area contributed by atoms with Crippen LogP contribution in [0.4, 0.5) is 46.0 Å². The number of amides is 2. The largest absolute Gasteiger partial charge is 0.378 e. The van der Waals surface area contributed by atoms with Crippen molar-refractivity contribution in [2.24, 2.45) is 37.4 Å². The second-order valence-corrected chi connectivity index (χ2v) is 20.0. The molecule has 74 heavy (non-hydrogen) atoms. The summed E-state index contributed by atoms with van der Waals surface area (Å²) in [7, 11) is 3.89. The minimum absolute atomic E-state index is 0.0116. The normalized spacial score (nSPS) is 20.4. The van der Waals surface area contributed by atoms with Crippen molar-refractivity contribution in [3.8, 4) is 22.5 Å². The van der Waals surface area contributed by atoms with Gasteiger partial charge in [-0.15, -0.1) is 0 Å². The number of carbonyl (C=O) groups excluding carboxylic acids is 2. The van der Waals surface area contributed by atoms with Crippen LogP contribution in [0.1, 0.15) is 59.3 Å². The summed E-state index contributed by atoms with van der Waals surface area (Å²) in [6.45, 7) is 9.07. The smallest absolute Gasteiger partial charge is 0.271 e. The van der Waals surface area contributed by atoms with Crippen molar-refractivity contribution in [2.45, 2.75) is 44.9 Å². The minimum atomic E-state index is -0.711. The summed E-state index contributed by atoms with van der Waals surface area (Å²) in [5, 5.41) is 13.9.